The van der Waals surface area contributed by atoms with Crippen LogP contribution in [0.1, 0.15) is 0 Å². The summed E-state index contributed by atoms with van der Waals surface area (Å²) in [6, 6.07) is 56.3. The van der Waals surface area contributed by atoms with Gasteiger partial charge in [-0.1, -0.05) is 127 Å². The van der Waals surface area contributed by atoms with Gasteiger partial charge < -0.3 is 4.90 Å². The molecular weight excluding hydrogens is 457 g/mol. The number of rotatable bonds is 6. The van der Waals surface area contributed by atoms with Crippen LogP contribution in [-0.4, -0.2) is 7.85 Å². The van der Waals surface area contributed by atoms with Crippen LogP contribution in [-0.2, 0) is 0 Å². The highest BCUT2D eigenvalue weighted by Crippen LogP contribution is 2.38. The minimum atomic E-state index is 1.12. The Balaban J connectivity index is 1.42. The highest BCUT2D eigenvalue weighted by Gasteiger charge is 2.14. The molecule has 0 atom stereocenters. The molecule has 0 saturated carbocycles. The van der Waals surface area contributed by atoms with Gasteiger partial charge in [0, 0.05) is 17.1 Å². The Bertz CT molecular complexity index is 1620. The molecule has 0 fully saturated rings. The van der Waals surface area contributed by atoms with Crippen LogP contribution in [0.2, 0.25) is 0 Å². The van der Waals surface area contributed by atoms with E-state index in [1.165, 1.54) is 38.8 Å². The maximum Gasteiger partial charge on any atom is 0.139 e. The summed E-state index contributed by atoms with van der Waals surface area (Å²) in [5.74, 6) is 0. The van der Waals surface area contributed by atoms with E-state index in [2.05, 4.69) is 170 Å². The van der Waals surface area contributed by atoms with Gasteiger partial charge in [-0.3, -0.25) is 0 Å². The SMILES string of the molecule is Bc1ccc(-c2ccc(N(c3ccc(-c4ccccc4)cc3)c3cccc(-c4ccccc4)c3)cc2)cc1. The van der Waals surface area contributed by atoms with Crippen molar-refractivity contribution in [1.29, 1.82) is 0 Å². The Morgan fingerprint density at radius 3 is 1.21 bits per heavy atom. The Morgan fingerprint density at radius 1 is 0.316 bits per heavy atom. The van der Waals surface area contributed by atoms with E-state index in [0.717, 1.165) is 17.1 Å². The molecule has 6 aromatic rings. The lowest BCUT2D eigenvalue weighted by Crippen LogP contribution is -2.10. The Hall–Kier alpha value is -4.82. The van der Waals surface area contributed by atoms with Crippen molar-refractivity contribution < 1.29 is 0 Å². The molecule has 0 aliphatic carbocycles. The molecule has 0 N–H and O–H groups in total. The van der Waals surface area contributed by atoms with Gasteiger partial charge in [0.1, 0.15) is 7.85 Å². The minimum Gasteiger partial charge on any atom is -0.310 e. The molecule has 0 heterocycles. The fourth-order valence-corrected chi connectivity index (χ4v) is 4.88. The van der Waals surface area contributed by atoms with Gasteiger partial charge in [0.05, 0.1) is 0 Å². The normalized spacial score (nSPS) is 10.7. The van der Waals surface area contributed by atoms with Crippen molar-refractivity contribution in [2.24, 2.45) is 0 Å². The predicted molar refractivity (Wildman–Crippen MR) is 166 cm³/mol. The molecule has 6 aromatic carbocycles. The number of hydrogen-bond donors (Lipinski definition) is 0. The predicted octanol–water partition coefficient (Wildman–Crippen LogP) is 8.42. The second kappa shape index (κ2) is 10.7. The topological polar surface area (TPSA) is 3.24 Å². The smallest absolute Gasteiger partial charge is 0.139 e. The van der Waals surface area contributed by atoms with Gasteiger partial charge in [-0.2, -0.15) is 0 Å². The zero-order valence-electron chi connectivity index (χ0n) is 21.5. The Morgan fingerprint density at radius 2 is 0.711 bits per heavy atom. The lowest BCUT2D eigenvalue weighted by molar-refractivity contribution is 1.28. The second-order valence-electron chi connectivity index (χ2n) is 9.58. The van der Waals surface area contributed by atoms with Crippen molar-refractivity contribution in [2.75, 3.05) is 4.90 Å². The van der Waals surface area contributed by atoms with Crippen molar-refractivity contribution in [3.05, 3.63) is 158 Å². The summed E-state index contributed by atoms with van der Waals surface area (Å²) in [5, 5.41) is 0. The van der Waals surface area contributed by atoms with Gasteiger partial charge in [0.2, 0.25) is 0 Å². The number of anilines is 3. The lowest BCUT2D eigenvalue weighted by atomic mass is 9.93. The average Bonchev–Trinajstić information content (AvgIpc) is 3.00. The molecule has 0 aliphatic heterocycles. The van der Waals surface area contributed by atoms with Gasteiger partial charge in [-0.15, -0.1) is 0 Å². The van der Waals surface area contributed by atoms with Crippen LogP contribution < -0.4 is 10.4 Å². The van der Waals surface area contributed by atoms with Crippen LogP contribution in [0.15, 0.2) is 158 Å². The van der Waals surface area contributed by atoms with Gasteiger partial charge in [0.25, 0.3) is 0 Å². The van der Waals surface area contributed by atoms with Crippen molar-refractivity contribution in [2.45, 2.75) is 0 Å². The highest BCUT2D eigenvalue weighted by molar-refractivity contribution is 6.32. The average molecular weight is 485 g/mol. The molecule has 0 unspecified atom stereocenters. The summed E-state index contributed by atoms with van der Waals surface area (Å²) < 4.78 is 0. The quantitative estimate of drug-likeness (QED) is 0.214. The maximum absolute atomic E-state index is 2.33. The zero-order chi connectivity index (χ0) is 25.7. The fraction of sp³-hybridized carbons (Fsp3) is 0. The Kier molecular flexibility index (Phi) is 6.61. The molecule has 0 radical (unpaired) electrons. The third kappa shape index (κ3) is 5.03. The summed E-state index contributed by atoms with van der Waals surface area (Å²) in [6.07, 6.45) is 0. The molecule has 0 aliphatic rings. The largest absolute Gasteiger partial charge is 0.310 e. The van der Waals surface area contributed by atoms with Gasteiger partial charge >= 0.3 is 0 Å². The Labute approximate surface area is 226 Å². The van der Waals surface area contributed by atoms with E-state index in [-0.39, 0.29) is 0 Å². The summed E-state index contributed by atoms with van der Waals surface area (Å²) in [4.78, 5) is 2.33. The van der Waals surface area contributed by atoms with E-state index in [9.17, 15) is 0 Å². The van der Waals surface area contributed by atoms with Crippen LogP contribution in [0.3, 0.4) is 0 Å². The van der Waals surface area contributed by atoms with E-state index in [0.29, 0.717) is 0 Å². The minimum absolute atomic E-state index is 1.12. The molecule has 0 spiro atoms. The second-order valence-corrected chi connectivity index (χ2v) is 9.58. The fourth-order valence-electron chi connectivity index (χ4n) is 4.88. The first-order valence-corrected chi connectivity index (χ1v) is 13.0. The van der Waals surface area contributed by atoms with Crippen LogP contribution in [0, 0.1) is 0 Å². The molecule has 0 amide bonds. The summed E-state index contributed by atoms with van der Waals surface area (Å²) >= 11 is 0. The standard InChI is InChI=1S/C36H28BN/c37-33-20-14-29(15-21-33)31-18-24-35(25-19-31)38(34-22-16-30(17-23-34)27-8-3-1-4-9-27)36-13-7-12-32(26-36)28-10-5-2-6-11-28/h1-26H,37H2. The maximum atomic E-state index is 2.33. The molecule has 180 valence electrons. The van der Waals surface area contributed by atoms with E-state index < -0.39 is 0 Å². The zero-order valence-corrected chi connectivity index (χ0v) is 21.5. The van der Waals surface area contributed by atoms with Crippen LogP contribution in [0.4, 0.5) is 17.1 Å². The summed E-state index contributed by atoms with van der Waals surface area (Å²) in [6.45, 7) is 0. The van der Waals surface area contributed by atoms with Gasteiger partial charge in [-0.25, -0.2) is 0 Å². The first kappa shape index (κ1) is 23.6. The van der Waals surface area contributed by atoms with E-state index in [1.54, 1.807) is 0 Å². The first-order chi connectivity index (χ1) is 18.7. The van der Waals surface area contributed by atoms with Crippen molar-refractivity contribution >= 4 is 30.4 Å². The number of nitrogens with zero attached hydrogens (tertiary/aromatic N) is 1. The molecule has 0 aromatic heterocycles. The molecule has 6 rings (SSSR count). The van der Waals surface area contributed by atoms with Crippen molar-refractivity contribution in [3.63, 3.8) is 0 Å². The van der Waals surface area contributed by atoms with Crippen molar-refractivity contribution in [1.82, 2.24) is 0 Å². The van der Waals surface area contributed by atoms with E-state index in [1.807, 2.05) is 0 Å². The summed E-state index contributed by atoms with van der Waals surface area (Å²) in [7, 11) is 2.12. The number of hydrogen-bond acceptors (Lipinski definition) is 1. The molecule has 38 heavy (non-hydrogen) atoms. The van der Waals surface area contributed by atoms with Gasteiger partial charge in [0.15, 0.2) is 0 Å². The van der Waals surface area contributed by atoms with Crippen LogP contribution in [0.25, 0.3) is 33.4 Å². The molecule has 2 heteroatoms. The third-order valence-electron chi connectivity index (χ3n) is 6.95. The van der Waals surface area contributed by atoms with E-state index >= 15 is 0 Å². The molecule has 0 saturated heterocycles. The monoisotopic (exact) mass is 485 g/mol. The molecule has 1 nitrogen and oxygen atoms in total. The number of benzene rings is 6. The highest BCUT2D eigenvalue weighted by atomic mass is 15.1. The molecular formula is C36H28BN. The van der Waals surface area contributed by atoms with Crippen LogP contribution >= 0.6 is 0 Å². The third-order valence-corrected chi connectivity index (χ3v) is 6.95. The summed E-state index contributed by atoms with van der Waals surface area (Å²) in [5.41, 5.74) is 11.9. The molecule has 0 bridgehead atoms. The van der Waals surface area contributed by atoms with E-state index in [4.69, 9.17) is 0 Å². The van der Waals surface area contributed by atoms with Crippen LogP contribution in [0.5, 0.6) is 0 Å². The van der Waals surface area contributed by atoms with Crippen molar-refractivity contribution in [3.8, 4) is 33.4 Å². The van der Waals surface area contributed by atoms with Gasteiger partial charge in [-0.05, 0) is 69.8 Å². The lowest BCUT2D eigenvalue weighted by Gasteiger charge is -2.26. The first-order valence-electron chi connectivity index (χ1n) is 13.0.